The van der Waals surface area contributed by atoms with Crippen molar-refractivity contribution in [2.45, 2.75) is 20.5 Å². The largest absolute Gasteiger partial charge is 0.392 e. The van der Waals surface area contributed by atoms with Gasteiger partial charge in [0.2, 0.25) is 5.82 Å². The predicted molar refractivity (Wildman–Crippen MR) is 122 cm³/mol. The molecule has 0 radical (unpaired) electrons. The van der Waals surface area contributed by atoms with Crippen LogP contribution in [0, 0.1) is 40.9 Å². The van der Waals surface area contributed by atoms with Crippen molar-refractivity contribution in [1.29, 1.82) is 0 Å². The highest BCUT2D eigenvalue weighted by molar-refractivity contribution is 6.04. The molecule has 34 heavy (non-hydrogen) atoms. The molecule has 0 aliphatic heterocycles. The van der Waals surface area contributed by atoms with Crippen molar-refractivity contribution >= 4 is 11.6 Å². The molecule has 1 amide bonds. The average Bonchev–Trinajstić information content (AvgIpc) is 2.90. The number of rotatable bonds is 3. The van der Waals surface area contributed by atoms with E-state index in [2.05, 4.69) is 25.0 Å². The van der Waals surface area contributed by atoms with E-state index in [-0.39, 0.29) is 12.2 Å². The minimum atomic E-state index is -2.31. The van der Waals surface area contributed by atoms with Crippen molar-refractivity contribution in [3.63, 3.8) is 0 Å². The van der Waals surface area contributed by atoms with Crippen molar-refractivity contribution in [3.8, 4) is 11.8 Å². The molecule has 0 bridgehead atoms. The molecule has 178 valence electrons. The third-order valence-electron chi connectivity index (χ3n) is 4.08. The molecule has 0 spiro atoms. The fourth-order valence-corrected chi connectivity index (χ4v) is 2.44. The standard InChI is InChI=1S/C22H12F5NO2.C2H6.C2H4/c23-16-17(24)19(26)21(20(27)18(16)25)28-22(30)15-9-7-13(8-10-15)2-1-12-3-5-14(11-29)6-4-12;2*1-2/h3-10,29H,11H2,(H,28,30);1-2H3;1-2H2. The summed E-state index contributed by atoms with van der Waals surface area (Å²) in [5.74, 6) is -6.20. The van der Waals surface area contributed by atoms with E-state index >= 15 is 0 Å². The Hall–Kier alpha value is -3.96. The highest BCUT2D eigenvalue weighted by Gasteiger charge is 2.27. The van der Waals surface area contributed by atoms with Crippen LogP contribution in [0.5, 0.6) is 0 Å². The molecule has 0 atom stereocenters. The summed E-state index contributed by atoms with van der Waals surface area (Å²) in [4.78, 5) is 12.1. The zero-order valence-electron chi connectivity index (χ0n) is 18.5. The summed E-state index contributed by atoms with van der Waals surface area (Å²) in [7, 11) is 0. The van der Waals surface area contributed by atoms with E-state index in [4.69, 9.17) is 5.11 Å². The fraction of sp³-hybridized carbons (Fsp3) is 0.115. The second-order valence-electron chi connectivity index (χ2n) is 6.08. The molecule has 3 nitrogen and oxygen atoms in total. The zero-order valence-corrected chi connectivity index (χ0v) is 18.5. The van der Waals surface area contributed by atoms with Gasteiger partial charge in [0.15, 0.2) is 23.3 Å². The van der Waals surface area contributed by atoms with Gasteiger partial charge in [0.1, 0.15) is 5.69 Å². The van der Waals surface area contributed by atoms with E-state index in [0.29, 0.717) is 11.1 Å². The summed E-state index contributed by atoms with van der Waals surface area (Å²) in [5.41, 5.74) is 0.461. The van der Waals surface area contributed by atoms with Gasteiger partial charge in [0.05, 0.1) is 6.61 Å². The lowest BCUT2D eigenvalue weighted by Gasteiger charge is -2.10. The zero-order chi connectivity index (χ0) is 25.8. The molecule has 3 rings (SSSR count). The topological polar surface area (TPSA) is 49.3 Å². The minimum Gasteiger partial charge on any atom is -0.392 e. The van der Waals surface area contributed by atoms with Gasteiger partial charge in [-0.25, -0.2) is 22.0 Å². The van der Waals surface area contributed by atoms with E-state index in [9.17, 15) is 26.7 Å². The maximum absolute atomic E-state index is 13.7. The van der Waals surface area contributed by atoms with Crippen LogP contribution >= 0.6 is 0 Å². The number of aliphatic hydroxyl groups is 1. The molecule has 0 aromatic heterocycles. The van der Waals surface area contributed by atoms with Crippen molar-refractivity contribution < 1.29 is 31.9 Å². The number of carbonyl (C=O) groups excluding carboxylic acids is 1. The van der Waals surface area contributed by atoms with Crippen LogP contribution in [0.4, 0.5) is 27.6 Å². The molecule has 0 saturated heterocycles. The Kier molecular flexibility index (Phi) is 11.2. The Balaban J connectivity index is 0.00000137. The first-order valence-electron chi connectivity index (χ1n) is 9.96. The smallest absolute Gasteiger partial charge is 0.255 e. The molecule has 0 heterocycles. The van der Waals surface area contributed by atoms with E-state index in [1.165, 1.54) is 24.3 Å². The number of hydrogen-bond acceptors (Lipinski definition) is 2. The third-order valence-corrected chi connectivity index (χ3v) is 4.08. The molecule has 0 aliphatic carbocycles. The van der Waals surface area contributed by atoms with Gasteiger partial charge in [-0.3, -0.25) is 4.79 Å². The van der Waals surface area contributed by atoms with E-state index < -0.39 is 40.7 Å². The number of aliphatic hydroxyl groups excluding tert-OH is 1. The Labute approximate surface area is 194 Å². The van der Waals surface area contributed by atoms with Gasteiger partial charge >= 0.3 is 0 Å². The lowest BCUT2D eigenvalue weighted by molar-refractivity contribution is 0.102. The highest BCUT2D eigenvalue weighted by atomic mass is 19.2. The number of amides is 1. The van der Waals surface area contributed by atoms with Crippen molar-refractivity contribution in [1.82, 2.24) is 0 Å². The SMILES string of the molecule is C=C.CC.O=C(Nc1c(F)c(F)c(F)c(F)c1F)c1ccc(C#Cc2ccc(CO)cc2)cc1. The van der Waals surface area contributed by atoms with Gasteiger partial charge in [-0.2, -0.15) is 0 Å². The molecule has 0 unspecified atom stereocenters. The van der Waals surface area contributed by atoms with Crippen LogP contribution in [0.3, 0.4) is 0 Å². The van der Waals surface area contributed by atoms with Crippen LogP contribution in [-0.4, -0.2) is 11.0 Å². The maximum atomic E-state index is 13.7. The van der Waals surface area contributed by atoms with E-state index in [1.54, 1.807) is 29.6 Å². The quantitative estimate of drug-likeness (QED) is 0.152. The molecular weight excluding hydrogens is 453 g/mol. The predicted octanol–water partition coefficient (Wildman–Crippen LogP) is 6.35. The molecule has 0 fully saturated rings. The summed E-state index contributed by atoms with van der Waals surface area (Å²) in [5, 5.41) is 10.7. The van der Waals surface area contributed by atoms with Gasteiger partial charge in [-0.05, 0) is 42.0 Å². The van der Waals surface area contributed by atoms with Crippen LogP contribution in [0.2, 0.25) is 0 Å². The number of halogens is 5. The van der Waals surface area contributed by atoms with Crippen LogP contribution in [-0.2, 0) is 6.61 Å². The molecule has 0 saturated carbocycles. The summed E-state index contributed by atoms with van der Waals surface area (Å²) < 4.78 is 66.9. The molecular formula is C26H22F5NO2. The second kappa shape index (κ2) is 13.6. The number of benzene rings is 3. The van der Waals surface area contributed by atoms with Crippen LogP contribution in [0.1, 0.15) is 40.9 Å². The monoisotopic (exact) mass is 475 g/mol. The first-order valence-corrected chi connectivity index (χ1v) is 9.96. The Morgan fingerprint density at radius 3 is 1.56 bits per heavy atom. The van der Waals surface area contributed by atoms with Crippen LogP contribution < -0.4 is 5.32 Å². The lowest BCUT2D eigenvalue weighted by Crippen LogP contribution is -2.16. The van der Waals surface area contributed by atoms with Crippen molar-refractivity contribution in [3.05, 3.63) is 113 Å². The average molecular weight is 475 g/mol. The summed E-state index contributed by atoms with van der Waals surface area (Å²) in [6, 6.07) is 12.4. The van der Waals surface area contributed by atoms with E-state index in [1.807, 2.05) is 13.8 Å². The van der Waals surface area contributed by atoms with E-state index in [0.717, 1.165) is 5.56 Å². The molecule has 8 heteroatoms. The fourth-order valence-electron chi connectivity index (χ4n) is 2.44. The third kappa shape index (κ3) is 6.77. The first-order chi connectivity index (χ1) is 16.3. The molecule has 3 aromatic rings. The molecule has 2 N–H and O–H groups in total. The van der Waals surface area contributed by atoms with Crippen LogP contribution in [0.25, 0.3) is 0 Å². The van der Waals surface area contributed by atoms with Gasteiger partial charge in [-0.1, -0.05) is 37.8 Å². The number of carbonyl (C=O) groups is 1. The van der Waals surface area contributed by atoms with Crippen molar-refractivity contribution in [2.24, 2.45) is 0 Å². The summed E-state index contributed by atoms with van der Waals surface area (Å²) >= 11 is 0. The number of nitrogens with one attached hydrogen (secondary N) is 1. The normalized spacial score (nSPS) is 9.41. The molecule has 3 aromatic carbocycles. The maximum Gasteiger partial charge on any atom is 0.255 e. The van der Waals surface area contributed by atoms with Gasteiger partial charge < -0.3 is 10.4 Å². The minimum absolute atomic E-state index is 0.0724. The first kappa shape index (κ1) is 28.1. The molecule has 0 aliphatic rings. The van der Waals surface area contributed by atoms with Gasteiger partial charge in [0, 0.05) is 16.7 Å². The number of hydrogen-bond donors (Lipinski definition) is 2. The van der Waals surface area contributed by atoms with Gasteiger partial charge in [-0.15, -0.1) is 13.2 Å². The Bertz CT molecular complexity index is 1150. The number of anilines is 1. The van der Waals surface area contributed by atoms with Crippen molar-refractivity contribution in [2.75, 3.05) is 5.32 Å². The van der Waals surface area contributed by atoms with Gasteiger partial charge in [0.25, 0.3) is 5.91 Å². The highest BCUT2D eigenvalue weighted by Crippen LogP contribution is 2.27. The Morgan fingerprint density at radius 1 is 0.765 bits per heavy atom. The second-order valence-corrected chi connectivity index (χ2v) is 6.08. The Morgan fingerprint density at radius 2 is 1.15 bits per heavy atom. The van der Waals surface area contributed by atoms with Crippen LogP contribution in [0.15, 0.2) is 61.7 Å². The summed E-state index contributed by atoms with van der Waals surface area (Å²) in [6.45, 7) is 9.92. The lowest BCUT2D eigenvalue weighted by atomic mass is 10.1. The summed E-state index contributed by atoms with van der Waals surface area (Å²) in [6.07, 6.45) is 0.